The van der Waals surface area contributed by atoms with Crippen molar-refractivity contribution in [3.8, 4) is 5.75 Å². The minimum atomic E-state index is -0.527. The zero-order valence-corrected chi connectivity index (χ0v) is 16.1. The van der Waals surface area contributed by atoms with E-state index >= 15 is 0 Å². The van der Waals surface area contributed by atoms with Gasteiger partial charge in [0.25, 0.3) is 0 Å². The summed E-state index contributed by atoms with van der Waals surface area (Å²) in [6.45, 7) is 1.99. The third-order valence-electron chi connectivity index (χ3n) is 6.32. The number of nitrogens with zero attached hydrogens (tertiary/aromatic N) is 2. The highest BCUT2D eigenvalue weighted by Gasteiger charge is 2.56. The van der Waals surface area contributed by atoms with Gasteiger partial charge < -0.3 is 14.3 Å². The number of hydrogen-bond acceptors (Lipinski definition) is 6. The first kappa shape index (κ1) is 18.3. The average molecular weight is 372 g/mol. The lowest BCUT2D eigenvalue weighted by atomic mass is 9.82. The molecule has 0 bridgehead atoms. The minimum absolute atomic E-state index is 0.129. The summed E-state index contributed by atoms with van der Waals surface area (Å²) in [6, 6.07) is 8.01. The minimum Gasteiger partial charge on any atom is -0.497 e. The predicted molar refractivity (Wildman–Crippen MR) is 102 cm³/mol. The van der Waals surface area contributed by atoms with E-state index in [9.17, 15) is 4.79 Å². The molecule has 0 spiro atoms. The fraction of sp³-hybridized carbons (Fsp3) is 0.619. The molecule has 1 saturated heterocycles. The van der Waals surface area contributed by atoms with Gasteiger partial charge in [-0.1, -0.05) is 11.6 Å². The summed E-state index contributed by atoms with van der Waals surface area (Å²) in [6.07, 6.45) is 5.76. The van der Waals surface area contributed by atoms with Crippen LogP contribution in [0.2, 0.25) is 0 Å². The molecule has 146 valence electrons. The maximum absolute atomic E-state index is 12.3. The molecule has 3 atom stereocenters. The molecule has 4 rings (SSSR count). The van der Waals surface area contributed by atoms with Crippen molar-refractivity contribution >= 4 is 11.7 Å². The van der Waals surface area contributed by atoms with Crippen LogP contribution < -0.4 is 4.74 Å². The monoisotopic (exact) mass is 372 g/mol. The molecule has 6 nitrogen and oxygen atoms in total. The molecular formula is C21H28N2O4. The van der Waals surface area contributed by atoms with E-state index in [0.29, 0.717) is 6.42 Å². The second-order valence-corrected chi connectivity index (χ2v) is 7.74. The van der Waals surface area contributed by atoms with Crippen molar-refractivity contribution < 1.29 is 19.1 Å². The van der Waals surface area contributed by atoms with E-state index in [2.05, 4.69) is 10.1 Å². The third-order valence-corrected chi connectivity index (χ3v) is 6.32. The second-order valence-electron chi connectivity index (χ2n) is 7.74. The summed E-state index contributed by atoms with van der Waals surface area (Å²) in [5.41, 5.74) is 1.54. The number of ether oxygens (including phenoxy) is 2. The van der Waals surface area contributed by atoms with Crippen LogP contribution in [0.3, 0.4) is 0 Å². The van der Waals surface area contributed by atoms with Gasteiger partial charge in [0.2, 0.25) is 5.72 Å². The number of carbonyl (C=O) groups excluding carboxylic acids is 1. The van der Waals surface area contributed by atoms with Crippen molar-refractivity contribution in [2.75, 3.05) is 27.3 Å². The molecular weight excluding hydrogens is 344 g/mol. The van der Waals surface area contributed by atoms with Gasteiger partial charge in [-0.15, -0.1) is 0 Å². The van der Waals surface area contributed by atoms with Gasteiger partial charge in [-0.25, -0.2) is 0 Å². The van der Waals surface area contributed by atoms with Gasteiger partial charge in [-0.2, -0.15) is 0 Å². The maximum Gasteiger partial charge on any atom is 0.308 e. The van der Waals surface area contributed by atoms with Gasteiger partial charge in [0.15, 0.2) is 0 Å². The van der Waals surface area contributed by atoms with Crippen LogP contribution in [0.1, 0.15) is 44.1 Å². The van der Waals surface area contributed by atoms with Crippen LogP contribution in [0.4, 0.5) is 0 Å². The van der Waals surface area contributed by atoms with E-state index < -0.39 is 5.72 Å². The molecule has 27 heavy (non-hydrogen) atoms. The Bertz CT molecular complexity index is 711. The van der Waals surface area contributed by atoms with Gasteiger partial charge in [-0.3, -0.25) is 9.69 Å². The predicted octanol–water partition coefficient (Wildman–Crippen LogP) is 3.20. The highest BCUT2D eigenvalue weighted by Crippen LogP contribution is 2.47. The zero-order chi connectivity index (χ0) is 18.9. The average Bonchev–Trinajstić information content (AvgIpc) is 3.33. The number of benzene rings is 1. The molecule has 3 aliphatic rings. The highest BCUT2D eigenvalue weighted by molar-refractivity contribution is 6.03. The molecule has 1 aromatic rings. The number of methoxy groups -OCH3 is 2. The Hall–Kier alpha value is -2.08. The van der Waals surface area contributed by atoms with E-state index in [4.69, 9.17) is 14.3 Å². The second kappa shape index (κ2) is 7.50. The lowest BCUT2D eigenvalue weighted by Gasteiger charge is -2.40. The molecule has 0 aromatic heterocycles. The van der Waals surface area contributed by atoms with Crippen molar-refractivity contribution in [1.82, 2.24) is 4.90 Å². The summed E-state index contributed by atoms with van der Waals surface area (Å²) >= 11 is 0. The van der Waals surface area contributed by atoms with E-state index in [-0.39, 0.29) is 17.8 Å². The van der Waals surface area contributed by atoms with Crippen molar-refractivity contribution in [3.05, 3.63) is 29.8 Å². The van der Waals surface area contributed by atoms with Gasteiger partial charge in [-0.05, 0) is 49.9 Å². The zero-order valence-electron chi connectivity index (χ0n) is 16.1. The largest absolute Gasteiger partial charge is 0.497 e. The number of rotatable bonds is 4. The van der Waals surface area contributed by atoms with Gasteiger partial charge >= 0.3 is 5.97 Å². The van der Waals surface area contributed by atoms with Crippen molar-refractivity contribution in [2.24, 2.45) is 17.0 Å². The smallest absolute Gasteiger partial charge is 0.308 e. The fourth-order valence-electron chi connectivity index (χ4n) is 4.92. The molecule has 0 amide bonds. The summed E-state index contributed by atoms with van der Waals surface area (Å²) in [5, 5.41) is 4.57. The van der Waals surface area contributed by atoms with Crippen LogP contribution in [0.25, 0.3) is 0 Å². The van der Waals surface area contributed by atoms with Crippen LogP contribution in [0.5, 0.6) is 5.75 Å². The van der Waals surface area contributed by atoms with Crippen LogP contribution in [-0.4, -0.2) is 49.6 Å². The SMILES string of the molecule is COC(=O)C1CCCC2C(c3ccc(OC)cc3)=NOC2(N2CCCC2)C1. The van der Waals surface area contributed by atoms with Gasteiger partial charge in [0.1, 0.15) is 5.75 Å². The summed E-state index contributed by atoms with van der Waals surface area (Å²) in [4.78, 5) is 21.0. The Morgan fingerprint density at radius 1 is 1.15 bits per heavy atom. The summed E-state index contributed by atoms with van der Waals surface area (Å²) in [7, 11) is 3.14. The maximum atomic E-state index is 12.3. The van der Waals surface area contributed by atoms with Gasteiger partial charge in [0.05, 0.1) is 31.8 Å². The number of likely N-dealkylation sites (tertiary alicyclic amines) is 1. The van der Waals surface area contributed by atoms with E-state index in [1.54, 1.807) is 7.11 Å². The first-order valence-electron chi connectivity index (χ1n) is 9.91. The lowest BCUT2D eigenvalue weighted by Crippen LogP contribution is -2.54. The van der Waals surface area contributed by atoms with E-state index in [0.717, 1.165) is 49.4 Å². The van der Waals surface area contributed by atoms with Crippen LogP contribution in [0.15, 0.2) is 29.4 Å². The molecule has 0 N–H and O–H groups in total. The first-order valence-corrected chi connectivity index (χ1v) is 9.91. The lowest BCUT2D eigenvalue weighted by molar-refractivity contribution is -0.172. The fourth-order valence-corrected chi connectivity index (χ4v) is 4.92. The van der Waals surface area contributed by atoms with Crippen LogP contribution in [-0.2, 0) is 14.4 Å². The number of carbonyl (C=O) groups is 1. The van der Waals surface area contributed by atoms with Crippen molar-refractivity contribution in [2.45, 2.75) is 44.2 Å². The number of esters is 1. The molecule has 1 aliphatic carbocycles. The van der Waals surface area contributed by atoms with Crippen LogP contribution in [0, 0.1) is 11.8 Å². The summed E-state index contributed by atoms with van der Waals surface area (Å²) in [5.74, 6) is 0.732. The topological polar surface area (TPSA) is 60.4 Å². The Morgan fingerprint density at radius 3 is 2.56 bits per heavy atom. The van der Waals surface area contributed by atoms with Gasteiger partial charge in [0, 0.05) is 25.1 Å². The Morgan fingerprint density at radius 2 is 1.89 bits per heavy atom. The molecule has 6 heteroatoms. The Balaban J connectivity index is 1.67. The van der Waals surface area contributed by atoms with Crippen LogP contribution >= 0.6 is 0 Å². The first-order chi connectivity index (χ1) is 13.2. The van der Waals surface area contributed by atoms with Crippen molar-refractivity contribution in [1.29, 1.82) is 0 Å². The highest BCUT2D eigenvalue weighted by atomic mass is 16.7. The summed E-state index contributed by atoms with van der Waals surface area (Å²) < 4.78 is 10.4. The number of hydrogen-bond donors (Lipinski definition) is 0. The molecule has 2 fully saturated rings. The molecule has 1 aromatic carbocycles. The normalized spacial score (nSPS) is 30.8. The van der Waals surface area contributed by atoms with E-state index in [1.165, 1.54) is 20.0 Å². The molecule has 3 unspecified atom stereocenters. The quantitative estimate of drug-likeness (QED) is 0.760. The number of fused-ring (bicyclic) bond motifs is 1. The van der Waals surface area contributed by atoms with E-state index in [1.807, 2.05) is 24.3 Å². The number of oxime groups is 1. The standard InChI is InChI=1S/C21H28N2O4/c1-25-17-10-8-15(9-11-17)19-18-7-5-6-16(20(24)26-2)14-21(18,27-22-19)23-12-3-4-13-23/h8-11,16,18H,3-7,12-14H2,1-2H3. The molecule has 2 heterocycles. The third kappa shape index (κ3) is 3.20. The Labute approximate surface area is 160 Å². The molecule has 2 aliphatic heterocycles. The van der Waals surface area contributed by atoms with Crippen molar-refractivity contribution in [3.63, 3.8) is 0 Å². The Kier molecular flexibility index (Phi) is 5.08. The molecule has 0 radical (unpaired) electrons. The molecule has 1 saturated carbocycles.